The molecule has 0 unspecified atom stereocenters. The van der Waals surface area contributed by atoms with Gasteiger partial charge in [0.2, 0.25) is 5.91 Å². The van der Waals surface area contributed by atoms with Crippen LogP contribution in [0.4, 0.5) is 0 Å². The topological polar surface area (TPSA) is 95.0 Å². The smallest absolute Gasteiger partial charge is 0.323 e. The first-order valence-electron chi connectivity index (χ1n) is 7.36. The van der Waals surface area contributed by atoms with E-state index in [-0.39, 0.29) is 23.6 Å². The summed E-state index contributed by atoms with van der Waals surface area (Å²) in [5.74, 6) is -2.75. The molecule has 1 heterocycles. The summed E-state index contributed by atoms with van der Waals surface area (Å²) in [7, 11) is 0. The van der Waals surface area contributed by atoms with Gasteiger partial charge in [0.05, 0.1) is 11.1 Å². The Hall–Kier alpha value is -2.22. The van der Waals surface area contributed by atoms with E-state index in [1.54, 1.807) is 6.07 Å². The van der Waals surface area contributed by atoms with Crippen molar-refractivity contribution in [3.63, 3.8) is 0 Å². The Labute approximate surface area is 147 Å². The van der Waals surface area contributed by atoms with Crippen molar-refractivity contribution >= 4 is 39.6 Å². The molecule has 128 valence electrons. The molecule has 0 spiro atoms. The molecule has 0 aromatic heterocycles. The summed E-state index contributed by atoms with van der Waals surface area (Å²) in [6, 6.07) is 4.70. The molecular weight excluding hydrogens is 380 g/mol. The van der Waals surface area contributed by atoms with E-state index >= 15 is 0 Å². The molecule has 0 fully saturated rings. The molecule has 7 nitrogen and oxygen atoms in total. The first-order valence-corrected chi connectivity index (χ1v) is 8.15. The zero-order valence-corrected chi connectivity index (χ0v) is 14.9. The predicted octanol–water partition coefficient (Wildman–Crippen LogP) is 1.61. The zero-order valence-electron chi connectivity index (χ0n) is 13.3. The molecule has 3 amide bonds. The fourth-order valence-electron chi connectivity index (χ4n) is 2.50. The van der Waals surface area contributed by atoms with E-state index in [2.05, 4.69) is 15.9 Å². The number of fused-ring (bicyclic) bond motifs is 1. The molecule has 8 heteroatoms. The number of carbonyl (C=O) groups excluding carboxylic acids is 3. The fraction of sp³-hybridized carbons (Fsp3) is 0.375. The molecule has 24 heavy (non-hydrogen) atoms. The standard InChI is InChI=1S/C16H17BrN2O5/c1-9(2)6-18(8-14(21)22)13(20)7-19-15(23)11-4-3-10(17)5-12(11)16(19)24/h3-5,9H,6-8H2,1-2H3,(H,21,22). The van der Waals surface area contributed by atoms with Crippen LogP contribution in [0.1, 0.15) is 34.6 Å². The number of hydrogen-bond acceptors (Lipinski definition) is 4. The van der Waals surface area contributed by atoms with Gasteiger partial charge in [-0.2, -0.15) is 0 Å². The second-order valence-electron chi connectivity index (χ2n) is 5.95. The number of halogens is 1. The number of aliphatic carboxylic acids is 1. The van der Waals surface area contributed by atoms with E-state index in [0.29, 0.717) is 4.47 Å². The van der Waals surface area contributed by atoms with Gasteiger partial charge in [0.25, 0.3) is 11.8 Å². The quantitative estimate of drug-likeness (QED) is 0.737. The van der Waals surface area contributed by atoms with Crippen molar-refractivity contribution in [2.45, 2.75) is 13.8 Å². The van der Waals surface area contributed by atoms with Gasteiger partial charge in [-0.1, -0.05) is 29.8 Å². The Morgan fingerprint density at radius 2 is 1.83 bits per heavy atom. The Morgan fingerprint density at radius 1 is 1.21 bits per heavy atom. The number of nitrogens with zero attached hydrogens (tertiary/aromatic N) is 2. The van der Waals surface area contributed by atoms with E-state index in [0.717, 1.165) is 9.80 Å². The van der Waals surface area contributed by atoms with E-state index in [4.69, 9.17) is 5.11 Å². The van der Waals surface area contributed by atoms with Crippen molar-refractivity contribution in [1.82, 2.24) is 9.80 Å². The van der Waals surface area contributed by atoms with Crippen LogP contribution < -0.4 is 0 Å². The van der Waals surface area contributed by atoms with E-state index in [9.17, 15) is 19.2 Å². The maximum absolute atomic E-state index is 12.4. The summed E-state index contributed by atoms with van der Waals surface area (Å²) >= 11 is 3.24. The molecule has 2 rings (SSSR count). The number of carbonyl (C=O) groups is 4. The minimum absolute atomic E-state index is 0.0615. The third-order valence-electron chi connectivity index (χ3n) is 3.49. The second-order valence-corrected chi connectivity index (χ2v) is 6.86. The minimum atomic E-state index is -1.14. The highest BCUT2D eigenvalue weighted by molar-refractivity contribution is 9.10. The molecule has 0 saturated heterocycles. The van der Waals surface area contributed by atoms with Gasteiger partial charge in [-0.25, -0.2) is 0 Å². The number of hydrogen-bond donors (Lipinski definition) is 1. The van der Waals surface area contributed by atoms with Gasteiger partial charge in [0.1, 0.15) is 13.1 Å². The summed E-state index contributed by atoms with van der Waals surface area (Å²) in [5, 5.41) is 8.94. The van der Waals surface area contributed by atoms with Crippen molar-refractivity contribution in [2.24, 2.45) is 5.92 Å². The number of carboxylic acid groups (broad SMARTS) is 1. The molecule has 1 aliphatic heterocycles. The van der Waals surface area contributed by atoms with Crippen LogP contribution in [0.5, 0.6) is 0 Å². The van der Waals surface area contributed by atoms with Gasteiger partial charge < -0.3 is 10.0 Å². The molecular formula is C16H17BrN2O5. The summed E-state index contributed by atoms with van der Waals surface area (Å²) in [5.41, 5.74) is 0.473. The maximum Gasteiger partial charge on any atom is 0.323 e. The number of rotatable bonds is 6. The largest absolute Gasteiger partial charge is 0.480 e. The monoisotopic (exact) mass is 396 g/mol. The summed E-state index contributed by atoms with van der Waals surface area (Å²) in [4.78, 5) is 50.0. The average molecular weight is 397 g/mol. The van der Waals surface area contributed by atoms with Crippen molar-refractivity contribution in [3.8, 4) is 0 Å². The molecule has 1 aliphatic rings. The first kappa shape index (κ1) is 18.1. The van der Waals surface area contributed by atoms with Gasteiger partial charge in [0.15, 0.2) is 0 Å². The lowest BCUT2D eigenvalue weighted by Gasteiger charge is -2.24. The second kappa shape index (κ2) is 7.12. The lowest BCUT2D eigenvalue weighted by molar-refractivity contribution is -0.144. The van der Waals surface area contributed by atoms with E-state index in [1.807, 2.05) is 13.8 Å². The Bertz CT molecular complexity index is 716. The normalized spacial score (nSPS) is 13.4. The summed E-state index contributed by atoms with van der Waals surface area (Å²) < 4.78 is 0.655. The minimum Gasteiger partial charge on any atom is -0.480 e. The summed E-state index contributed by atoms with van der Waals surface area (Å²) in [6.45, 7) is 3.00. The van der Waals surface area contributed by atoms with Crippen LogP contribution in [0.3, 0.4) is 0 Å². The third kappa shape index (κ3) is 3.81. The summed E-state index contributed by atoms with van der Waals surface area (Å²) in [6.07, 6.45) is 0. The van der Waals surface area contributed by atoms with Gasteiger partial charge in [-0.15, -0.1) is 0 Å². The Kier molecular flexibility index (Phi) is 5.38. The lowest BCUT2D eigenvalue weighted by Crippen LogP contribution is -2.45. The molecule has 0 bridgehead atoms. The van der Waals surface area contributed by atoms with Gasteiger partial charge in [-0.05, 0) is 24.1 Å². The molecule has 1 N–H and O–H groups in total. The molecule has 1 aromatic rings. The van der Waals surface area contributed by atoms with Crippen molar-refractivity contribution in [1.29, 1.82) is 0 Å². The van der Waals surface area contributed by atoms with Crippen LogP contribution in [0.2, 0.25) is 0 Å². The molecule has 0 radical (unpaired) electrons. The van der Waals surface area contributed by atoms with Gasteiger partial charge in [0, 0.05) is 11.0 Å². The highest BCUT2D eigenvalue weighted by atomic mass is 79.9. The number of benzene rings is 1. The van der Waals surface area contributed by atoms with Crippen LogP contribution in [0.15, 0.2) is 22.7 Å². The predicted molar refractivity (Wildman–Crippen MR) is 88.6 cm³/mol. The van der Waals surface area contributed by atoms with Crippen LogP contribution in [-0.4, -0.2) is 58.2 Å². The number of imide groups is 1. The average Bonchev–Trinajstić information content (AvgIpc) is 2.70. The molecule has 0 saturated carbocycles. The van der Waals surface area contributed by atoms with Crippen LogP contribution in [0.25, 0.3) is 0 Å². The van der Waals surface area contributed by atoms with Gasteiger partial charge in [-0.3, -0.25) is 24.1 Å². The SMILES string of the molecule is CC(C)CN(CC(=O)O)C(=O)CN1C(=O)c2ccc(Br)cc2C1=O. The highest BCUT2D eigenvalue weighted by Crippen LogP contribution is 2.26. The Balaban J connectivity index is 2.18. The highest BCUT2D eigenvalue weighted by Gasteiger charge is 2.37. The van der Waals surface area contributed by atoms with Crippen LogP contribution in [0, 0.1) is 5.92 Å². The lowest BCUT2D eigenvalue weighted by atomic mass is 10.1. The third-order valence-corrected chi connectivity index (χ3v) is 3.98. The zero-order chi connectivity index (χ0) is 18.0. The fourth-order valence-corrected chi connectivity index (χ4v) is 2.86. The first-order chi connectivity index (χ1) is 11.2. The maximum atomic E-state index is 12.4. The van der Waals surface area contributed by atoms with Crippen LogP contribution >= 0.6 is 15.9 Å². The molecule has 0 aliphatic carbocycles. The van der Waals surface area contributed by atoms with Gasteiger partial charge >= 0.3 is 5.97 Å². The number of amides is 3. The van der Waals surface area contributed by atoms with Crippen molar-refractivity contribution in [2.75, 3.05) is 19.6 Å². The molecule has 1 aromatic carbocycles. The van der Waals surface area contributed by atoms with E-state index in [1.165, 1.54) is 12.1 Å². The molecule has 0 atom stereocenters. The van der Waals surface area contributed by atoms with Crippen molar-refractivity contribution < 1.29 is 24.3 Å². The van der Waals surface area contributed by atoms with Crippen molar-refractivity contribution in [3.05, 3.63) is 33.8 Å². The van der Waals surface area contributed by atoms with Crippen LogP contribution in [-0.2, 0) is 9.59 Å². The van der Waals surface area contributed by atoms with E-state index < -0.39 is 36.8 Å². The number of carboxylic acids is 1. The Morgan fingerprint density at radius 3 is 2.42 bits per heavy atom.